The quantitative estimate of drug-likeness (QED) is 0.204. The van der Waals surface area contributed by atoms with Crippen molar-refractivity contribution >= 4 is 43.4 Å². The van der Waals surface area contributed by atoms with Gasteiger partial charge >= 0.3 is 0 Å². The number of rotatable bonds is 4. The van der Waals surface area contributed by atoms with Crippen molar-refractivity contribution < 1.29 is 17.8 Å². The van der Waals surface area contributed by atoms with E-state index in [0.29, 0.717) is 27.8 Å². The number of aryl methyl sites for hydroxylation is 1. The maximum absolute atomic E-state index is 9.24. The average Bonchev–Trinajstić information content (AvgIpc) is 3.56. The third-order valence-corrected chi connectivity index (χ3v) is 7.52. The van der Waals surface area contributed by atoms with Crippen LogP contribution in [0, 0.1) is 0 Å². The molecule has 7 aromatic carbocycles. The number of imidazole rings is 1. The Labute approximate surface area is 257 Å². The summed E-state index contributed by atoms with van der Waals surface area (Å²) in [5.74, 6) is -0.338. The first kappa shape index (κ1) is 13.9. The van der Waals surface area contributed by atoms with Gasteiger partial charge in [0.15, 0.2) is 0 Å². The number of hydrogen-bond acceptors (Lipinski definition) is 1. The van der Waals surface area contributed by atoms with Gasteiger partial charge in [-0.05, 0) is 78.8 Å². The van der Waals surface area contributed by atoms with Crippen molar-refractivity contribution in [3.05, 3.63) is 145 Å². The van der Waals surface area contributed by atoms with Crippen LogP contribution in [-0.4, -0.2) is 9.55 Å². The zero-order valence-corrected chi connectivity index (χ0v) is 21.6. The fraction of sp³-hybridized carbons (Fsp3) is 0.0513. The SMILES string of the molecule is [2H]c1c([2H])c([2H])c2c(-c3cccc4ccccc34)c3c([2H])c([2H])c([2H])c([2H])c3c(-c3ccc(-n4c(C([2H])([2H])C([2H])([2H])[2H])nc5ccccc54)cc3)c2c1[2H]. The molecule has 2 heteroatoms. The molecule has 0 saturated heterocycles. The fourth-order valence-corrected chi connectivity index (χ4v) is 5.77. The largest absolute Gasteiger partial charge is 0.296 e. The van der Waals surface area contributed by atoms with E-state index in [1.807, 2.05) is 30.3 Å². The Hall–Kier alpha value is -5.21. The summed E-state index contributed by atoms with van der Waals surface area (Å²) in [6.07, 6.45) is -2.85. The van der Waals surface area contributed by atoms with Crippen LogP contribution in [0.2, 0.25) is 0 Å². The van der Waals surface area contributed by atoms with Crippen molar-refractivity contribution in [2.75, 3.05) is 0 Å². The highest BCUT2D eigenvalue weighted by molar-refractivity contribution is 6.23. The van der Waals surface area contributed by atoms with E-state index < -0.39 is 49.5 Å². The minimum atomic E-state index is -3.05. The number of aromatic nitrogens is 2. The van der Waals surface area contributed by atoms with E-state index in [0.717, 1.165) is 10.8 Å². The molecule has 0 unspecified atom stereocenters. The second-order valence-corrected chi connectivity index (χ2v) is 9.71. The molecular formula is C39H28N2. The van der Waals surface area contributed by atoms with Gasteiger partial charge in [0.05, 0.1) is 22.0 Å². The van der Waals surface area contributed by atoms with Gasteiger partial charge in [-0.25, -0.2) is 4.98 Å². The first-order valence-electron chi connectivity index (χ1n) is 19.6. The molecule has 1 aromatic heterocycles. The molecule has 0 radical (unpaired) electrons. The molecule has 0 aliphatic carbocycles. The van der Waals surface area contributed by atoms with Gasteiger partial charge in [0, 0.05) is 18.9 Å². The number of nitrogens with zero attached hydrogens (tertiary/aromatic N) is 2. The predicted molar refractivity (Wildman–Crippen MR) is 174 cm³/mol. The highest BCUT2D eigenvalue weighted by atomic mass is 15.1. The molecule has 8 aromatic rings. The van der Waals surface area contributed by atoms with Crippen LogP contribution >= 0.6 is 0 Å². The maximum Gasteiger partial charge on any atom is 0.114 e. The van der Waals surface area contributed by atoms with Crippen LogP contribution in [0.5, 0.6) is 0 Å². The summed E-state index contributed by atoms with van der Waals surface area (Å²) in [7, 11) is 0. The normalized spacial score (nSPS) is 16.8. The summed E-state index contributed by atoms with van der Waals surface area (Å²) in [4.78, 5) is 4.39. The molecule has 0 saturated carbocycles. The average molecular weight is 538 g/mol. The van der Waals surface area contributed by atoms with Gasteiger partial charge in [0.2, 0.25) is 0 Å². The van der Waals surface area contributed by atoms with Gasteiger partial charge in [-0.3, -0.25) is 4.57 Å². The molecule has 0 spiro atoms. The zero-order valence-electron chi connectivity index (χ0n) is 34.6. The molecule has 0 aliphatic heterocycles. The molecule has 0 atom stereocenters. The second kappa shape index (κ2) is 9.46. The van der Waals surface area contributed by atoms with E-state index >= 15 is 0 Å². The van der Waals surface area contributed by atoms with Gasteiger partial charge in [0.25, 0.3) is 0 Å². The third-order valence-electron chi connectivity index (χ3n) is 7.52. The van der Waals surface area contributed by atoms with Crippen LogP contribution < -0.4 is 0 Å². The van der Waals surface area contributed by atoms with E-state index in [1.54, 1.807) is 60.7 Å². The van der Waals surface area contributed by atoms with Crippen molar-refractivity contribution in [2.24, 2.45) is 0 Å². The van der Waals surface area contributed by atoms with Crippen molar-refractivity contribution in [1.29, 1.82) is 0 Å². The zero-order chi connectivity index (χ0) is 38.6. The van der Waals surface area contributed by atoms with Gasteiger partial charge in [-0.1, -0.05) is 122 Å². The van der Waals surface area contributed by atoms with Crippen molar-refractivity contribution in [3.8, 4) is 27.9 Å². The summed E-state index contributed by atoms with van der Waals surface area (Å²) >= 11 is 0. The molecule has 41 heavy (non-hydrogen) atoms. The van der Waals surface area contributed by atoms with Gasteiger partial charge < -0.3 is 0 Å². The first-order chi connectivity index (χ1) is 25.6. The Morgan fingerprint density at radius 3 is 2.02 bits per heavy atom. The van der Waals surface area contributed by atoms with Crippen LogP contribution in [-0.2, 0) is 6.37 Å². The van der Waals surface area contributed by atoms with Crippen LogP contribution in [0.25, 0.3) is 71.3 Å². The smallest absolute Gasteiger partial charge is 0.114 e. The van der Waals surface area contributed by atoms with Crippen LogP contribution in [0.1, 0.15) is 30.5 Å². The highest BCUT2D eigenvalue weighted by Crippen LogP contribution is 2.45. The number of benzene rings is 7. The molecule has 0 N–H and O–H groups in total. The maximum atomic E-state index is 9.24. The second-order valence-electron chi connectivity index (χ2n) is 9.71. The Morgan fingerprint density at radius 2 is 1.29 bits per heavy atom. The third kappa shape index (κ3) is 3.68. The topological polar surface area (TPSA) is 17.8 Å². The standard InChI is InChI=1S/C39H28N2/c1-2-37-40-35-20-9-10-21-36(35)41(37)28-24-22-27(23-25-28)38-31-15-5-7-17-33(31)39(34-18-8-6-16-32(34)38)30-19-11-13-26-12-3-4-14-29(26)30/h3-25H,2H2,1H3/i1D3,2D2,5D,6D,7D,8D,15D,16D,17D,18D. The summed E-state index contributed by atoms with van der Waals surface area (Å²) in [5.41, 5.74) is 2.45. The Morgan fingerprint density at radius 1 is 0.659 bits per heavy atom. The molecule has 0 aliphatic rings. The Balaban J connectivity index is 1.52. The molecular weight excluding hydrogens is 496 g/mol. The van der Waals surface area contributed by atoms with E-state index in [1.165, 1.54) is 4.57 Å². The lowest BCUT2D eigenvalue weighted by molar-refractivity contribution is 0.908. The fourth-order valence-electron chi connectivity index (χ4n) is 5.77. The number of fused-ring (bicyclic) bond motifs is 4. The molecule has 1 heterocycles. The monoisotopic (exact) mass is 537 g/mol. The molecule has 0 bridgehead atoms. The lowest BCUT2D eigenvalue weighted by atomic mass is 9.85. The summed E-state index contributed by atoms with van der Waals surface area (Å²) in [6.45, 7) is -3.05. The van der Waals surface area contributed by atoms with E-state index in [9.17, 15) is 5.48 Å². The molecule has 0 amide bonds. The van der Waals surface area contributed by atoms with Gasteiger partial charge in [0.1, 0.15) is 5.82 Å². The lowest BCUT2D eigenvalue weighted by Gasteiger charge is -2.19. The van der Waals surface area contributed by atoms with Gasteiger partial charge in [-0.15, -0.1) is 0 Å². The number of para-hydroxylation sites is 2. The highest BCUT2D eigenvalue weighted by Gasteiger charge is 2.18. The minimum absolute atomic E-state index is 0.0571. The lowest BCUT2D eigenvalue weighted by Crippen LogP contribution is -2.00. The summed E-state index contributed by atoms with van der Waals surface area (Å²) in [6, 6.07) is 22.5. The molecule has 8 rings (SSSR count). The number of hydrogen-bond donors (Lipinski definition) is 0. The van der Waals surface area contributed by atoms with Crippen LogP contribution in [0.3, 0.4) is 0 Å². The Kier molecular flexibility index (Phi) is 3.21. The van der Waals surface area contributed by atoms with Gasteiger partial charge in [-0.2, -0.15) is 0 Å². The minimum Gasteiger partial charge on any atom is -0.296 e. The molecule has 194 valence electrons. The van der Waals surface area contributed by atoms with Crippen molar-refractivity contribution in [2.45, 2.75) is 13.2 Å². The van der Waals surface area contributed by atoms with E-state index in [2.05, 4.69) is 4.98 Å². The van der Waals surface area contributed by atoms with Crippen molar-refractivity contribution in [3.63, 3.8) is 0 Å². The molecule has 2 nitrogen and oxygen atoms in total. The van der Waals surface area contributed by atoms with Crippen LogP contribution in [0.15, 0.2) is 139 Å². The summed E-state index contributed by atoms with van der Waals surface area (Å²) < 4.78 is 114. The molecule has 0 fully saturated rings. The van der Waals surface area contributed by atoms with Crippen LogP contribution in [0.4, 0.5) is 0 Å². The van der Waals surface area contributed by atoms with E-state index in [-0.39, 0.29) is 50.6 Å². The summed E-state index contributed by atoms with van der Waals surface area (Å²) in [5, 5.41) is 1.83. The first-order valence-corrected chi connectivity index (χ1v) is 13.1. The van der Waals surface area contributed by atoms with E-state index in [4.69, 9.17) is 12.3 Å². The Bertz CT molecular complexity index is 2790. The predicted octanol–water partition coefficient (Wildman–Crippen LogP) is 10.4. The van der Waals surface area contributed by atoms with Crippen molar-refractivity contribution in [1.82, 2.24) is 9.55 Å².